The van der Waals surface area contributed by atoms with Gasteiger partial charge in [-0.15, -0.1) is 0 Å². The van der Waals surface area contributed by atoms with Crippen molar-refractivity contribution in [1.82, 2.24) is 9.80 Å². The lowest BCUT2D eigenvalue weighted by Gasteiger charge is -2.40. The Morgan fingerprint density at radius 3 is 2.60 bits per heavy atom. The average Bonchev–Trinajstić information content (AvgIpc) is 2.95. The van der Waals surface area contributed by atoms with Crippen LogP contribution in [-0.2, 0) is 20.9 Å². The fourth-order valence-electron chi connectivity index (χ4n) is 5.43. The molecule has 0 radical (unpaired) electrons. The maximum atomic E-state index is 15.8. The molecule has 3 aliphatic rings. The lowest BCUT2D eigenvalue weighted by Crippen LogP contribution is -2.50. The van der Waals surface area contributed by atoms with Crippen molar-refractivity contribution in [2.24, 2.45) is 10.9 Å². The number of aliphatic imine (C=N–C) groups is 1. The smallest absolute Gasteiger partial charge is 0.379 e. The van der Waals surface area contributed by atoms with Gasteiger partial charge in [0.15, 0.2) is 0 Å². The van der Waals surface area contributed by atoms with E-state index in [1.165, 1.54) is 12.1 Å². The Morgan fingerprint density at radius 1 is 1.12 bits per heavy atom. The van der Waals surface area contributed by atoms with Gasteiger partial charge >= 0.3 is 6.18 Å². The summed E-state index contributed by atoms with van der Waals surface area (Å²) in [7, 11) is 1.98. The zero-order valence-corrected chi connectivity index (χ0v) is 23.5. The zero-order valence-electron chi connectivity index (χ0n) is 23.5. The number of dihydropyridines is 1. The van der Waals surface area contributed by atoms with Crippen LogP contribution in [0.15, 0.2) is 53.0 Å². The third-order valence-corrected chi connectivity index (χ3v) is 7.97. The number of ether oxygens (including phenoxy) is 1. The number of piperazine rings is 1. The van der Waals surface area contributed by atoms with Gasteiger partial charge in [0.05, 0.1) is 30.2 Å². The molecule has 0 saturated carbocycles. The average molecular weight is 588 g/mol. The van der Waals surface area contributed by atoms with Gasteiger partial charge in [0.2, 0.25) is 5.91 Å². The second kappa shape index (κ2) is 12.3. The first-order valence-electron chi connectivity index (χ1n) is 13.9. The third kappa shape index (κ3) is 6.71. The molecular formula is C30H33F4N5O3. The van der Waals surface area contributed by atoms with Crippen LogP contribution >= 0.6 is 0 Å². The van der Waals surface area contributed by atoms with Gasteiger partial charge < -0.3 is 19.9 Å². The minimum atomic E-state index is -4.91. The predicted molar refractivity (Wildman–Crippen MR) is 152 cm³/mol. The second-order valence-electron chi connectivity index (χ2n) is 10.9. The van der Waals surface area contributed by atoms with Crippen molar-refractivity contribution in [2.75, 3.05) is 63.2 Å². The number of likely N-dealkylation sites (N-methyl/N-ethyl adjacent to an activating group) is 1. The molecule has 3 heterocycles. The standard InChI is InChI=1S/C30H33F4N5O3/c1-19-17-39(7-6-37(19)2)27-15-25(31)22(21-5-3-4-20(12-21)18-38-8-10-42-11-9-38)13-26(27)36-29(41)23-16-35-28(40)14-24(23)30(32,33)34/h3-5,12-16,19,23H,6-11,17-18H2,1-2H3,(H,36,41). The second-order valence-corrected chi connectivity index (χ2v) is 10.9. The van der Waals surface area contributed by atoms with E-state index in [1.807, 2.05) is 37.1 Å². The minimum Gasteiger partial charge on any atom is -0.379 e. The van der Waals surface area contributed by atoms with Crippen LogP contribution in [0.4, 0.5) is 28.9 Å². The van der Waals surface area contributed by atoms with E-state index in [0.29, 0.717) is 62.9 Å². The fourth-order valence-corrected chi connectivity index (χ4v) is 5.43. The summed E-state index contributed by atoms with van der Waals surface area (Å²) in [6, 6.07) is 10.3. The van der Waals surface area contributed by atoms with Crippen molar-refractivity contribution in [3.63, 3.8) is 0 Å². The number of benzene rings is 2. The summed E-state index contributed by atoms with van der Waals surface area (Å²) in [4.78, 5) is 34.6. The number of carbonyl (C=O) groups is 2. The van der Waals surface area contributed by atoms with Gasteiger partial charge in [0.25, 0.3) is 5.91 Å². The fraction of sp³-hybridized carbons (Fsp3) is 0.433. The van der Waals surface area contributed by atoms with E-state index < -0.39 is 35.3 Å². The van der Waals surface area contributed by atoms with E-state index in [2.05, 4.69) is 20.1 Å². The first-order chi connectivity index (χ1) is 20.0. The summed E-state index contributed by atoms with van der Waals surface area (Å²) in [6.07, 6.45) is -3.87. The molecule has 2 atom stereocenters. The Bertz CT molecular complexity index is 1400. The van der Waals surface area contributed by atoms with Crippen LogP contribution in [0.1, 0.15) is 12.5 Å². The largest absolute Gasteiger partial charge is 0.414 e. The van der Waals surface area contributed by atoms with Gasteiger partial charge in [-0.25, -0.2) is 9.38 Å². The number of carbonyl (C=O) groups excluding carboxylic acids is 2. The molecule has 0 aliphatic carbocycles. The first-order valence-corrected chi connectivity index (χ1v) is 13.9. The van der Waals surface area contributed by atoms with E-state index in [-0.39, 0.29) is 17.3 Å². The minimum absolute atomic E-state index is 0.123. The van der Waals surface area contributed by atoms with E-state index in [0.717, 1.165) is 18.7 Å². The highest BCUT2D eigenvalue weighted by Crippen LogP contribution is 2.38. The van der Waals surface area contributed by atoms with Gasteiger partial charge in [0, 0.05) is 63.2 Å². The molecule has 3 aliphatic heterocycles. The molecule has 0 aromatic heterocycles. The summed E-state index contributed by atoms with van der Waals surface area (Å²) in [6.45, 7) is 7.29. The number of nitrogens with one attached hydrogen (secondary N) is 1. The normalized spacial score (nSPS) is 22.3. The molecule has 12 heteroatoms. The Hall–Kier alpha value is -3.61. The Morgan fingerprint density at radius 2 is 1.88 bits per heavy atom. The Labute approximate surface area is 241 Å². The number of hydrogen-bond donors (Lipinski definition) is 1. The summed E-state index contributed by atoms with van der Waals surface area (Å²) >= 11 is 0. The van der Waals surface area contributed by atoms with Crippen molar-refractivity contribution < 1.29 is 31.9 Å². The number of alkyl halides is 3. The van der Waals surface area contributed by atoms with Crippen LogP contribution in [0.2, 0.25) is 0 Å². The molecule has 2 aromatic rings. The van der Waals surface area contributed by atoms with Crippen LogP contribution in [0, 0.1) is 11.7 Å². The maximum absolute atomic E-state index is 15.8. The Balaban J connectivity index is 1.50. The van der Waals surface area contributed by atoms with Crippen molar-refractivity contribution in [2.45, 2.75) is 25.7 Å². The lowest BCUT2D eigenvalue weighted by molar-refractivity contribution is -0.124. The number of hydrogen-bond acceptors (Lipinski definition) is 6. The number of anilines is 2. The van der Waals surface area contributed by atoms with Crippen LogP contribution in [0.3, 0.4) is 0 Å². The number of amides is 2. The van der Waals surface area contributed by atoms with Gasteiger partial charge in [-0.05, 0) is 43.3 Å². The van der Waals surface area contributed by atoms with E-state index >= 15 is 4.39 Å². The molecule has 2 saturated heterocycles. The highest BCUT2D eigenvalue weighted by Gasteiger charge is 2.43. The summed E-state index contributed by atoms with van der Waals surface area (Å²) in [5.41, 5.74) is 1.01. The van der Waals surface area contributed by atoms with Crippen molar-refractivity contribution in [3.05, 3.63) is 59.4 Å². The number of rotatable bonds is 6. The Kier molecular flexibility index (Phi) is 8.76. The molecule has 42 heavy (non-hydrogen) atoms. The summed E-state index contributed by atoms with van der Waals surface area (Å²) in [5, 5.41) is 2.61. The number of nitrogens with zero attached hydrogens (tertiary/aromatic N) is 4. The summed E-state index contributed by atoms with van der Waals surface area (Å²) in [5.74, 6) is -4.44. The third-order valence-electron chi connectivity index (χ3n) is 7.97. The molecule has 5 rings (SSSR count). The highest BCUT2D eigenvalue weighted by atomic mass is 19.4. The van der Waals surface area contributed by atoms with Crippen LogP contribution < -0.4 is 10.2 Å². The number of halogens is 4. The quantitative estimate of drug-likeness (QED) is 0.513. The topological polar surface area (TPSA) is 77.5 Å². The van der Waals surface area contributed by atoms with Gasteiger partial charge in [0.1, 0.15) is 11.7 Å². The SMILES string of the molecule is CC1CN(c2cc(F)c(-c3cccc(CN4CCOCC4)c3)cc2NC(=O)C2C=NC(=O)C=C2C(F)(F)F)CCN1C. The summed E-state index contributed by atoms with van der Waals surface area (Å²) < 4.78 is 62.4. The van der Waals surface area contributed by atoms with E-state index in [1.54, 1.807) is 6.07 Å². The molecule has 2 unspecified atom stereocenters. The first kappa shape index (κ1) is 29.9. The molecular weight excluding hydrogens is 554 g/mol. The molecule has 0 spiro atoms. The molecule has 224 valence electrons. The number of morpholine rings is 1. The van der Waals surface area contributed by atoms with Gasteiger partial charge in [-0.3, -0.25) is 14.5 Å². The predicted octanol–water partition coefficient (Wildman–Crippen LogP) is 4.12. The molecule has 1 N–H and O–H groups in total. The highest BCUT2D eigenvalue weighted by molar-refractivity contribution is 6.11. The van der Waals surface area contributed by atoms with Gasteiger partial charge in [-0.1, -0.05) is 18.2 Å². The molecule has 0 bridgehead atoms. The van der Waals surface area contributed by atoms with E-state index in [9.17, 15) is 22.8 Å². The van der Waals surface area contributed by atoms with Crippen molar-refractivity contribution in [3.8, 4) is 11.1 Å². The molecule has 2 fully saturated rings. The van der Waals surface area contributed by atoms with Gasteiger partial charge in [-0.2, -0.15) is 13.2 Å². The maximum Gasteiger partial charge on any atom is 0.414 e. The van der Waals surface area contributed by atoms with Crippen molar-refractivity contribution in [1.29, 1.82) is 0 Å². The molecule has 2 aromatic carbocycles. The monoisotopic (exact) mass is 587 g/mol. The molecule has 2 amide bonds. The van der Waals surface area contributed by atoms with Crippen LogP contribution in [0.25, 0.3) is 11.1 Å². The van der Waals surface area contributed by atoms with E-state index in [4.69, 9.17) is 4.74 Å². The molecule has 8 nitrogen and oxygen atoms in total. The van der Waals surface area contributed by atoms with Crippen molar-refractivity contribution >= 4 is 29.4 Å². The zero-order chi connectivity index (χ0) is 30.0. The van der Waals surface area contributed by atoms with Crippen LogP contribution in [-0.4, -0.2) is 93.0 Å². The van der Waals surface area contributed by atoms with Crippen LogP contribution in [0.5, 0.6) is 0 Å². The lowest BCUT2D eigenvalue weighted by atomic mass is 9.95.